The van der Waals surface area contributed by atoms with Gasteiger partial charge in [-0.05, 0) is 12.1 Å². The molecule has 0 fully saturated rings. The van der Waals surface area contributed by atoms with Crippen LogP contribution < -0.4 is 0 Å². The van der Waals surface area contributed by atoms with Gasteiger partial charge in [-0.25, -0.2) is 14.8 Å². The van der Waals surface area contributed by atoms with Gasteiger partial charge in [-0.2, -0.15) is 0 Å². The molecule has 0 saturated heterocycles. The van der Waals surface area contributed by atoms with Crippen molar-refractivity contribution in [3.8, 4) is 11.3 Å². The first-order valence-electron chi connectivity index (χ1n) is 10.2. The van der Waals surface area contributed by atoms with E-state index in [1.807, 2.05) is 0 Å². The van der Waals surface area contributed by atoms with Crippen molar-refractivity contribution in [1.29, 1.82) is 0 Å². The number of aromatic nitrogens is 3. The van der Waals surface area contributed by atoms with Crippen molar-refractivity contribution in [3.63, 3.8) is 0 Å². The molecule has 1 atom stereocenters. The van der Waals surface area contributed by atoms with Crippen molar-refractivity contribution in [2.24, 2.45) is 0 Å². The normalized spacial score (nSPS) is 15.6. The summed E-state index contributed by atoms with van der Waals surface area (Å²) in [6, 6.07) is 9.94. The molecule has 0 N–H and O–H groups in total. The van der Waals surface area contributed by atoms with Gasteiger partial charge in [0.2, 0.25) is 11.5 Å². The van der Waals surface area contributed by atoms with Crippen LogP contribution in [0.1, 0.15) is 27.7 Å². The molecule has 0 saturated carbocycles. The number of hydrogen-bond donors (Lipinski definition) is 0. The number of allylic oxidation sites excluding steroid dienone is 4. The zero-order valence-electron chi connectivity index (χ0n) is 18.3. The van der Waals surface area contributed by atoms with E-state index in [0.717, 1.165) is 0 Å². The van der Waals surface area contributed by atoms with Crippen molar-refractivity contribution >= 4 is 23.1 Å². The van der Waals surface area contributed by atoms with Gasteiger partial charge < -0.3 is 14.0 Å². The number of Topliss-reactive ketones (excluding diaryl/α,β-unsaturated/α-hetero) is 2. The van der Waals surface area contributed by atoms with Crippen molar-refractivity contribution in [2.45, 2.75) is 5.92 Å². The highest BCUT2D eigenvalue weighted by Crippen LogP contribution is 2.31. The molecule has 2 heterocycles. The fourth-order valence-corrected chi connectivity index (χ4v) is 3.54. The average molecular weight is 457 g/mol. The molecule has 9 heteroatoms. The molecule has 3 aromatic rings. The van der Waals surface area contributed by atoms with Crippen LogP contribution in [-0.4, -0.2) is 46.9 Å². The fourth-order valence-electron chi connectivity index (χ4n) is 3.54. The Bertz CT molecular complexity index is 1340. The number of hydrogen-bond acceptors (Lipinski definition) is 9. The van der Waals surface area contributed by atoms with Gasteiger partial charge >= 0.3 is 5.97 Å². The summed E-state index contributed by atoms with van der Waals surface area (Å²) < 4.78 is 15.2. The molecule has 1 aromatic carbocycles. The first-order valence-corrected chi connectivity index (χ1v) is 10.2. The lowest BCUT2D eigenvalue weighted by Gasteiger charge is -2.15. The lowest BCUT2D eigenvalue weighted by Crippen LogP contribution is -2.22. The lowest BCUT2D eigenvalue weighted by atomic mass is 9.87. The summed E-state index contributed by atoms with van der Waals surface area (Å²) in [5, 5.41) is 4.00. The molecule has 4 rings (SSSR count). The van der Waals surface area contributed by atoms with Crippen LogP contribution in [0.4, 0.5) is 0 Å². The minimum Gasteiger partial charge on any atom is -0.503 e. The highest BCUT2D eigenvalue weighted by Gasteiger charge is 2.31. The molecule has 1 aliphatic rings. The zero-order valence-corrected chi connectivity index (χ0v) is 18.3. The SMILES string of the molecule is CO/C=C(\C(=O)OC)c1ccccc1-c1cc(C(=O)C2=CC=CC(c3ccncn3)C2=O)on1. The van der Waals surface area contributed by atoms with E-state index in [1.165, 1.54) is 45.1 Å². The standard InChI is InChI=1S/C25H19N3O6/c1-32-13-19(25(31)33-2)15-6-3-4-7-16(15)21-12-22(34-28-21)24(30)18-9-5-8-17(23(18)29)20-10-11-26-14-27-20/h3-14,17H,1-2H3/b19-13-. The van der Waals surface area contributed by atoms with Gasteiger partial charge in [0, 0.05) is 23.4 Å². The summed E-state index contributed by atoms with van der Waals surface area (Å²) in [6.45, 7) is 0. The monoisotopic (exact) mass is 457 g/mol. The molecule has 34 heavy (non-hydrogen) atoms. The molecule has 0 bridgehead atoms. The first kappa shape index (κ1) is 22.5. The van der Waals surface area contributed by atoms with E-state index in [2.05, 4.69) is 15.1 Å². The number of ketones is 2. The molecule has 0 radical (unpaired) electrons. The highest BCUT2D eigenvalue weighted by atomic mass is 16.5. The number of methoxy groups -OCH3 is 2. The fraction of sp³-hybridized carbons (Fsp3) is 0.120. The Morgan fingerprint density at radius 3 is 2.71 bits per heavy atom. The van der Waals surface area contributed by atoms with E-state index in [9.17, 15) is 14.4 Å². The van der Waals surface area contributed by atoms with Gasteiger partial charge in [-0.3, -0.25) is 9.59 Å². The van der Waals surface area contributed by atoms with Crippen LogP contribution in [0.25, 0.3) is 16.8 Å². The summed E-state index contributed by atoms with van der Waals surface area (Å²) in [5.41, 5.74) is 1.90. The molecule has 0 amide bonds. The van der Waals surface area contributed by atoms with Crippen LogP contribution >= 0.6 is 0 Å². The predicted octanol–water partition coefficient (Wildman–Crippen LogP) is 3.32. The van der Waals surface area contributed by atoms with E-state index in [4.69, 9.17) is 14.0 Å². The Morgan fingerprint density at radius 1 is 1.15 bits per heavy atom. The molecule has 9 nitrogen and oxygen atoms in total. The maximum Gasteiger partial charge on any atom is 0.341 e. The largest absolute Gasteiger partial charge is 0.503 e. The molecule has 0 aliphatic heterocycles. The molecule has 0 spiro atoms. The molecule has 1 unspecified atom stereocenters. The summed E-state index contributed by atoms with van der Waals surface area (Å²) >= 11 is 0. The Balaban J connectivity index is 1.65. The van der Waals surface area contributed by atoms with Crippen molar-refractivity contribution in [1.82, 2.24) is 15.1 Å². The van der Waals surface area contributed by atoms with E-state index in [-0.39, 0.29) is 16.9 Å². The minimum absolute atomic E-state index is 0.0448. The van der Waals surface area contributed by atoms with Gasteiger partial charge in [-0.1, -0.05) is 41.6 Å². The van der Waals surface area contributed by atoms with Crippen LogP contribution in [0.5, 0.6) is 0 Å². The van der Waals surface area contributed by atoms with Gasteiger partial charge in [0.05, 0.1) is 37.7 Å². The Kier molecular flexibility index (Phi) is 6.54. The van der Waals surface area contributed by atoms with Gasteiger partial charge in [0.15, 0.2) is 5.78 Å². The van der Waals surface area contributed by atoms with E-state index in [1.54, 1.807) is 42.5 Å². The number of benzene rings is 1. The summed E-state index contributed by atoms with van der Waals surface area (Å²) in [7, 11) is 2.68. The van der Waals surface area contributed by atoms with E-state index in [0.29, 0.717) is 22.5 Å². The summed E-state index contributed by atoms with van der Waals surface area (Å²) in [6.07, 6.45) is 8.88. The first-order chi connectivity index (χ1) is 16.5. The number of esters is 1. The van der Waals surface area contributed by atoms with Gasteiger partial charge in [0.1, 0.15) is 17.6 Å². The Labute approximate surface area is 194 Å². The van der Waals surface area contributed by atoms with Crippen LogP contribution in [0.3, 0.4) is 0 Å². The quantitative estimate of drug-likeness (QED) is 0.173. The summed E-state index contributed by atoms with van der Waals surface area (Å²) in [5.74, 6) is -2.42. The van der Waals surface area contributed by atoms with Crippen molar-refractivity contribution in [3.05, 3.63) is 96.0 Å². The maximum absolute atomic E-state index is 13.1. The topological polar surface area (TPSA) is 121 Å². The molecular weight excluding hydrogens is 438 g/mol. The molecule has 170 valence electrons. The third-order valence-electron chi connectivity index (χ3n) is 5.15. The van der Waals surface area contributed by atoms with E-state index < -0.39 is 23.5 Å². The van der Waals surface area contributed by atoms with Crippen LogP contribution in [-0.2, 0) is 19.1 Å². The van der Waals surface area contributed by atoms with E-state index >= 15 is 0 Å². The van der Waals surface area contributed by atoms with Crippen molar-refractivity contribution in [2.75, 3.05) is 14.2 Å². The number of nitrogens with zero attached hydrogens (tertiary/aromatic N) is 3. The molecule has 2 aromatic heterocycles. The second kappa shape index (κ2) is 9.86. The maximum atomic E-state index is 13.1. The van der Waals surface area contributed by atoms with Gasteiger partial charge in [0.25, 0.3) is 0 Å². The second-order valence-electron chi connectivity index (χ2n) is 7.15. The smallest absolute Gasteiger partial charge is 0.341 e. The van der Waals surface area contributed by atoms with Crippen LogP contribution in [0, 0.1) is 0 Å². The Morgan fingerprint density at radius 2 is 1.97 bits per heavy atom. The number of carbonyl (C=O) groups is 3. The van der Waals surface area contributed by atoms with Gasteiger partial charge in [-0.15, -0.1) is 0 Å². The van der Waals surface area contributed by atoms with Crippen LogP contribution in [0.2, 0.25) is 0 Å². The van der Waals surface area contributed by atoms with Crippen LogP contribution in [0.15, 0.2) is 83.5 Å². The predicted molar refractivity (Wildman–Crippen MR) is 120 cm³/mol. The number of rotatable bonds is 7. The third-order valence-corrected chi connectivity index (χ3v) is 5.15. The number of carbonyl (C=O) groups excluding carboxylic acids is 3. The highest BCUT2D eigenvalue weighted by molar-refractivity contribution is 6.28. The summed E-state index contributed by atoms with van der Waals surface area (Å²) in [4.78, 5) is 46.3. The Hall–Kier alpha value is -4.66. The number of ether oxygens (including phenoxy) is 2. The zero-order chi connectivity index (χ0) is 24.1. The second-order valence-corrected chi connectivity index (χ2v) is 7.15. The van der Waals surface area contributed by atoms with Crippen molar-refractivity contribution < 1.29 is 28.4 Å². The molecular formula is C25H19N3O6. The lowest BCUT2D eigenvalue weighted by molar-refractivity contribution is -0.133. The third kappa shape index (κ3) is 4.31. The minimum atomic E-state index is -0.697. The molecule has 1 aliphatic carbocycles. The average Bonchev–Trinajstić information content (AvgIpc) is 3.37.